The molecule has 0 aliphatic heterocycles. The summed E-state index contributed by atoms with van der Waals surface area (Å²) in [5.41, 5.74) is -0.648. The Balaban J connectivity index is 5.43. The number of hydrogen-bond donors (Lipinski definition) is 0. The quantitative estimate of drug-likeness (QED) is 0.338. The molecular formula is C20H37NO4Si. The zero-order valence-corrected chi connectivity index (χ0v) is 19.0. The van der Waals surface area contributed by atoms with Crippen LogP contribution in [0.1, 0.15) is 48.5 Å². The van der Waals surface area contributed by atoms with E-state index in [4.69, 9.17) is 9.16 Å². The van der Waals surface area contributed by atoms with Gasteiger partial charge in [0.1, 0.15) is 5.60 Å². The molecule has 0 fully saturated rings. The van der Waals surface area contributed by atoms with Gasteiger partial charge < -0.3 is 9.16 Å². The molecule has 1 atom stereocenters. The first kappa shape index (κ1) is 24.6. The maximum Gasteiger partial charge on any atom is 0.411 e. The second kappa shape index (κ2) is 9.51. The minimum atomic E-state index is -1.99. The van der Waals surface area contributed by atoms with E-state index in [0.717, 1.165) is 0 Å². The lowest BCUT2D eigenvalue weighted by Crippen LogP contribution is -2.49. The molecule has 0 saturated heterocycles. The summed E-state index contributed by atoms with van der Waals surface area (Å²) in [6, 6.07) is -0.437. The Labute approximate surface area is 160 Å². The minimum absolute atomic E-state index is 0.0518. The minimum Gasteiger partial charge on any atom is -0.444 e. The number of allylic oxidation sites excluding steroid dienone is 1. The molecule has 0 N–H and O–H groups in total. The molecule has 0 aliphatic rings. The molecule has 0 rings (SSSR count). The highest BCUT2D eigenvalue weighted by Crippen LogP contribution is 2.36. The third-order valence-corrected chi connectivity index (χ3v) is 8.90. The van der Waals surface area contributed by atoms with Crippen LogP contribution in [0, 0.1) is 0 Å². The molecule has 0 aromatic carbocycles. The summed E-state index contributed by atoms with van der Waals surface area (Å²) < 4.78 is 11.7. The number of nitrogens with zero attached hydrogens (tertiary/aromatic N) is 1. The van der Waals surface area contributed by atoms with Crippen LogP contribution < -0.4 is 0 Å². The van der Waals surface area contributed by atoms with Crippen molar-refractivity contribution in [3.05, 3.63) is 24.8 Å². The fourth-order valence-corrected chi connectivity index (χ4v) is 2.86. The number of amides is 1. The fraction of sp³-hybridized carbons (Fsp3) is 0.700. The van der Waals surface area contributed by atoms with Gasteiger partial charge in [-0.1, -0.05) is 32.9 Å². The lowest BCUT2D eigenvalue weighted by Gasteiger charge is -2.38. The number of hydrogen-bond acceptors (Lipinski definition) is 4. The molecule has 0 aromatic heterocycles. The van der Waals surface area contributed by atoms with Gasteiger partial charge in [-0.15, -0.1) is 6.58 Å². The lowest BCUT2D eigenvalue weighted by atomic mass is 10.2. The van der Waals surface area contributed by atoms with Gasteiger partial charge in [0, 0.05) is 0 Å². The predicted molar refractivity (Wildman–Crippen MR) is 110 cm³/mol. The molecule has 6 heteroatoms. The largest absolute Gasteiger partial charge is 0.444 e. The molecule has 0 heterocycles. The third-order valence-electron chi connectivity index (χ3n) is 4.40. The Morgan fingerprint density at radius 2 is 1.69 bits per heavy atom. The van der Waals surface area contributed by atoms with Crippen molar-refractivity contribution in [2.75, 3.05) is 13.2 Å². The highest BCUT2D eigenvalue weighted by atomic mass is 28.4. The van der Waals surface area contributed by atoms with E-state index >= 15 is 0 Å². The molecule has 26 heavy (non-hydrogen) atoms. The van der Waals surface area contributed by atoms with Gasteiger partial charge in [-0.3, -0.25) is 9.69 Å². The Kier molecular flexibility index (Phi) is 9.00. The van der Waals surface area contributed by atoms with Gasteiger partial charge in [0.25, 0.3) is 0 Å². The van der Waals surface area contributed by atoms with Crippen molar-refractivity contribution in [2.45, 2.75) is 78.2 Å². The average Bonchev–Trinajstić information content (AvgIpc) is 2.43. The fourth-order valence-electron chi connectivity index (χ4n) is 1.84. The van der Waals surface area contributed by atoms with E-state index in [1.165, 1.54) is 11.0 Å². The second-order valence-electron chi connectivity index (χ2n) is 8.95. The predicted octanol–water partition coefficient (Wildman–Crippen LogP) is 4.95. The number of carbonyl (C=O) groups excluding carboxylic acids is 2. The molecule has 0 saturated carbocycles. The molecule has 0 aliphatic carbocycles. The van der Waals surface area contributed by atoms with E-state index < -0.39 is 26.1 Å². The van der Waals surface area contributed by atoms with Gasteiger partial charge in [-0.05, 0) is 51.9 Å². The molecule has 1 amide bonds. The van der Waals surface area contributed by atoms with Gasteiger partial charge in [0.2, 0.25) is 0 Å². The van der Waals surface area contributed by atoms with Gasteiger partial charge in [0.05, 0.1) is 19.2 Å². The summed E-state index contributed by atoms with van der Waals surface area (Å²) in [6.45, 7) is 22.0. The van der Waals surface area contributed by atoms with Crippen LogP contribution in [-0.4, -0.2) is 49.9 Å². The van der Waals surface area contributed by atoms with Crippen LogP contribution in [0.25, 0.3) is 0 Å². The summed E-state index contributed by atoms with van der Waals surface area (Å²) in [5, 5.41) is 0.0518. The van der Waals surface area contributed by atoms with Crippen molar-refractivity contribution in [3.63, 3.8) is 0 Å². The molecule has 0 spiro atoms. The monoisotopic (exact) mass is 383 g/mol. The Morgan fingerprint density at radius 1 is 1.15 bits per heavy atom. The third kappa shape index (κ3) is 8.32. The van der Waals surface area contributed by atoms with Crippen molar-refractivity contribution >= 4 is 20.2 Å². The Morgan fingerprint density at radius 3 is 2.08 bits per heavy atom. The van der Waals surface area contributed by atoms with Crippen LogP contribution in [0.5, 0.6) is 0 Å². The first-order valence-corrected chi connectivity index (χ1v) is 12.0. The first-order valence-electron chi connectivity index (χ1n) is 9.06. The number of carbonyl (C=O) groups is 2. The summed E-state index contributed by atoms with van der Waals surface area (Å²) >= 11 is 0. The summed E-state index contributed by atoms with van der Waals surface area (Å²) in [5.74, 6) is -0.169. The Bertz CT molecular complexity index is 527. The number of rotatable bonds is 8. The molecule has 0 radical (unpaired) electrons. The van der Waals surface area contributed by atoms with E-state index in [0.29, 0.717) is 6.61 Å². The zero-order chi connectivity index (χ0) is 20.8. The van der Waals surface area contributed by atoms with Crippen LogP contribution in [-0.2, 0) is 14.0 Å². The summed E-state index contributed by atoms with van der Waals surface area (Å²) in [4.78, 5) is 26.2. The van der Waals surface area contributed by atoms with Crippen molar-refractivity contribution in [1.82, 2.24) is 4.90 Å². The summed E-state index contributed by atoms with van der Waals surface area (Å²) in [7, 11) is -1.99. The Hall–Kier alpha value is -1.40. The van der Waals surface area contributed by atoms with Crippen LogP contribution in [0.3, 0.4) is 0 Å². The van der Waals surface area contributed by atoms with E-state index in [-0.39, 0.29) is 17.4 Å². The first-order chi connectivity index (χ1) is 11.6. The molecule has 0 unspecified atom stereocenters. The molecule has 0 bridgehead atoms. The van der Waals surface area contributed by atoms with Crippen LogP contribution >= 0.6 is 0 Å². The van der Waals surface area contributed by atoms with Crippen molar-refractivity contribution in [3.8, 4) is 0 Å². The van der Waals surface area contributed by atoms with Crippen LogP contribution in [0.2, 0.25) is 18.1 Å². The van der Waals surface area contributed by atoms with Gasteiger partial charge >= 0.3 is 6.09 Å². The van der Waals surface area contributed by atoms with Crippen LogP contribution in [0.15, 0.2) is 24.8 Å². The molecule has 0 aromatic rings. The standard InChI is InChI=1S/C20H37NO4Si/c1-11-13-17(22)14-21(18(23)25-19(3,4)5)16(12-2)15-24-26(9,10)20(6,7)8/h11-13,16H,2,14-15H2,1,3-10H3/b13-11+/t16-/m0/s1. The molecular weight excluding hydrogens is 346 g/mol. The lowest BCUT2D eigenvalue weighted by molar-refractivity contribution is -0.116. The maximum atomic E-state index is 12.7. The highest BCUT2D eigenvalue weighted by molar-refractivity contribution is 6.74. The second-order valence-corrected chi connectivity index (χ2v) is 13.8. The van der Waals surface area contributed by atoms with Gasteiger partial charge in [-0.2, -0.15) is 0 Å². The topological polar surface area (TPSA) is 55.8 Å². The van der Waals surface area contributed by atoms with Crippen molar-refractivity contribution in [2.24, 2.45) is 0 Å². The van der Waals surface area contributed by atoms with Gasteiger partial charge in [0.15, 0.2) is 14.1 Å². The normalized spacial score (nSPS) is 14.2. The number of ether oxygens (including phenoxy) is 1. The smallest absolute Gasteiger partial charge is 0.411 e. The van der Waals surface area contributed by atoms with E-state index in [2.05, 4.69) is 40.4 Å². The molecule has 5 nitrogen and oxygen atoms in total. The zero-order valence-electron chi connectivity index (χ0n) is 18.0. The van der Waals surface area contributed by atoms with Crippen molar-refractivity contribution < 1.29 is 18.8 Å². The number of ketones is 1. The summed E-state index contributed by atoms with van der Waals surface area (Å²) in [6.07, 6.45) is 4.20. The highest BCUT2D eigenvalue weighted by Gasteiger charge is 2.38. The van der Waals surface area contributed by atoms with E-state index in [1.54, 1.807) is 39.8 Å². The SMILES string of the molecule is C=C[C@@H](CO[Si](C)(C)C(C)(C)C)N(CC(=O)/C=C/C)C(=O)OC(C)(C)C. The van der Waals surface area contributed by atoms with Gasteiger partial charge in [-0.25, -0.2) is 4.79 Å². The van der Waals surface area contributed by atoms with Crippen molar-refractivity contribution in [1.29, 1.82) is 0 Å². The molecule has 150 valence electrons. The van der Waals surface area contributed by atoms with E-state index in [9.17, 15) is 9.59 Å². The van der Waals surface area contributed by atoms with E-state index in [1.807, 2.05) is 0 Å². The maximum absolute atomic E-state index is 12.7. The van der Waals surface area contributed by atoms with Crippen LogP contribution in [0.4, 0.5) is 4.79 Å². The average molecular weight is 384 g/mol.